The highest BCUT2D eigenvalue weighted by Crippen LogP contribution is 2.23. The molecule has 1 atom stereocenters. The maximum atomic E-state index is 12.6. The van der Waals surface area contributed by atoms with Crippen LogP contribution < -0.4 is 4.74 Å². The van der Waals surface area contributed by atoms with Crippen LogP contribution in [0.2, 0.25) is 0 Å². The van der Waals surface area contributed by atoms with Crippen LogP contribution in [0.25, 0.3) is 17.0 Å². The number of hydrogen-bond donors (Lipinski definition) is 1. The van der Waals surface area contributed by atoms with Crippen LogP contribution in [0, 0.1) is 0 Å². The number of allylic oxidation sites excluding steroid dienone is 1. The zero-order valence-electron chi connectivity index (χ0n) is 18.6. The van der Waals surface area contributed by atoms with Crippen LogP contribution in [0.1, 0.15) is 35.7 Å². The number of carbonyl (C=O) groups is 1. The number of aromatic nitrogens is 1. The van der Waals surface area contributed by atoms with E-state index < -0.39 is 6.10 Å². The molecule has 1 heterocycles. The van der Waals surface area contributed by atoms with Crippen LogP contribution in [0.5, 0.6) is 5.75 Å². The Labute approximate surface area is 184 Å². The summed E-state index contributed by atoms with van der Waals surface area (Å²) in [7, 11) is 3.65. The third-order valence-electron chi connectivity index (χ3n) is 5.43. The van der Waals surface area contributed by atoms with Crippen LogP contribution in [0.4, 0.5) is 0 Å². The molecule has 5 heteroatoms. The van der Waals surface area contributed by atoms with Crippen LogP contribution in [0.3, 0.4) is 0 Å². The number of nitrogens with zero attached hydrogens (tertiary/aromatic N) is 2. The second kappa shape index (κ2) is 10.9. The van der Waals surface area contributed by atoms with E-state index in [0.717, 1.165) is 41.6 Å². The van der Waals surface area contributed by atoms with E-state index in [2.05, 4.69) is 16.4 Å². The predicted octanol–water partition coefficient (Wildman–Crippen LogP) is 4.64. The molecular formula is C26H32N2O3. The molecule has 0 aliphatic carbocycles. The zero-order chi connectivity index (χ0) is 22.2. The van der Waals surface area contributed by atoms with Crippen molar-refractivity contribution in [2.45, 2.75) is 32.4 Å². The van der Waals surface area contributed by atoms with E-state index in [1.54, 1.807) is 37.5 Å². The molecule has 0 spiro atoms. The Kier molecular flexibility index (Phi) is 8.04. The summed E-state index contributed by atoms with van der Waals surface area (Å²) in [5.74, 6) is 0.666. The fraction of sp³-hybridized carbons (Fsp3) is 0.346. The van der Waals surface area contributed by atoms with Gasteiger partial charge in [0.15, 0.2) is 5.78 Å². The van der Waals surface area contributed by atoms with Crippen molar-refractivity contribution in [2.75, 3.05) is 27.2 Å². The molecule has 3 aromatic rings. The number of benzene rings is 2. The van der Waals surface area contributed by atoms with Gasteiger partial charge in [0, 0.05) is 41.3 Å². The number of rotatable bonds is 11. The summed E-state index contributed by atoms with van der Waals surface area (Å²) in [5, 5.41) is 11.7. The van der Waals surface area contributed by atoms with E-state index in [0.29, 0.717) is 18.7 Å². The Morgan fingerprint density at radius 1 is 1.19 bits per heavy atom. The van der Waals surface area contributed by atoms with Gasteiger partial charge in [0.1, 0.15) is 5.75 Å². The quantitative estimate of drug-likeness (QED) is 0.363. The fourth-order valence-corrected chi connectivity index (χ4v) is 3.74. The summed E-state index contributed by atoms with van der Waals surface area (Å²) in [4.78, 5) is 14.7. The first kappa shape index (κ1) is 22.8. The number of carbonyl (C=O) groups excluding carboxylic acids is 1. The number of para-hydroxylation sites is 1. The lowest BCUT2D eigenvalue weighted by Gasteiger charge is -2.21. The molecule has 31 heavy (non-hydrogen) atoms. The number of ether oxygens (including phenoxy) is 1. The van der Waals surface area contributed by atoms with Crippen molar-refractivity contribution in [1.29, 1.82) is 0 Å². The van der Waals surface area contributed by atoms with Gasteiger partial charge in [-0.25, -0.2) is 0 Å². The molecule has 0 bridgehead atoms. The Morgan fingerprint density at radius 2 is 1.94 bits per heavy atom. The Morgan fingerprint density at radius 3 is 2.65 bits per heavy atom. The van der Waals surface area contributed by atoms with Crippen molar-refractivity contribution in [2.24, 2.45) is 0 Å². The molecule has 164 valence electrons. The van der Waals surface area contributed by atoms with Crippen molar-refractivity contribution in [3.63, 3.8) is 0 Å². The number of unbranched alkanes of at least 4 members (excludes halogenated alkanes) is 1. The van der Waals surface area contributed by atoms with Gasteiger partial charge >= 0.3 is 0 Å². The van der Waals surface area contributed by atoms with Gasteiger partial charge in [-0.3, -0.25) is 4.79 Å². The maximum Gasteiger partial charge on any atom is 0.185 e. The molecule has 1 N–H and O–H groups in total. The largest absolute Gasteiger partial charge is 0.497 e. The number of methoxy groups -OCH3 is 1. The molecule has 3 rings (SSSR count). The standard InChI is InChI=1S/C26H32N2O3/c1-4-5-16-27(2)18-22(29)19-28-17-21(24-8-6-7-9-25(24)28)12-15-26(30)20-10-13-23(31-3)14-11-20/h6-15,17,22,29H,4-5,16,18-19H2,1-3H3/b15-12-/t22-/m1/s1. The Hall–Kier alpha value is -2.89. The average molecular weight is 421 g/mol. The second-order valence-corrected chi connectivity index (χ2v) is 7.95. The molecule has 1 aromatic heterocycles. The molecular weight excluding hydrogens is 388 g/mol. The summed E-state index contributed by atoms with van der Waals surface area (Å²) in [5.41, 5.74) is 2.63. The summed E-state index contributed by atoms with van der Waals surface area (Å²) < 4.78 is 7.22. The Bertz CT molecular complexity index is 1020. The highest BCUT2D eigenvalue weighted by Gasteiger charge is 2.13. The summed E-state index contributed by atoms with van der Waals surface area (Å²) >= 11 is 0. The van der Waals surface area contributed by atoms with Gasteiger partial charge in [-0.15, -0.1) is 0 Å². The fourth-order valence-electron chi connectivity index (χ4n) is 3.74. The highest BCUT2D eigenvalue weighted by atomic mass is 16.5. The lowest BCUT2D eigenvalue weighted by Crippen LogP contribution is -2.32. The van der Waals surface area contributed by atoms with Crippen LogP contribution in [-0.4, -0.2) is 53.7 Å². The molecule has 0 aliphatic heterocycles. The SMILES string of the molecule is CCCCN(C)C[C@@H](O)Cn1cc(/C=C\C(=O)c2ccc(OC)cc2)c2ccccc21. The maximum absolute atomic E-state index is 12.6. The predicted molar refractivity (Wildman–Crippen MR) is 127 cm³/mol. The van der Waals surface area contributed by atoms with Crippen molar-refractivity contribution in [1.82, 2.24) is 9.47 Å². The minimum absolute atomic E-state index is 0.0583. The normalized spacial score (nSPS) is 12.7. The first-order valence-electron chi connectivity index (χ1n) is 10.8. The number of likely N-dealkylation sites (N-methyl/N-ethyl adjacent to an activating group) is 1. The van der Waals surface area contributed by atoms with Gasteiger partial charge in [0.2, 0.25) is 0 Å². The molecule has 0 unspecified atom stereocenters. The van der Waals surface area contributed by atoms with Gasteiger partial charge in [-0.05, 0) is 62.5 Å². The number of hydrogen-bond acceptors (Lipinski definition) is 4. The molecule has 0 radical (unpaired) electrons. The van der Waals surface area contributed by atoms with Crippen LogP contribution in [0.15, 0.2) is 60.8 Å². The van der Waals surface area contributed by atoms with Crippen molar-refractivity contribution in [3.05, 3.63) is 71.9 Å². The van der Waals surface area contributed by atoms with E-state index in [1.165, 1.54) is 0 Å². The van der Waals surface area contributed by atoms with E-state index >= 15 is 0 Å². The number of aliphatic hydroxyl groups is 1. The van der Waals surface area contributed by atoms with Crippen molar-refractivity contribution in [3.8, 4) is 5.75 Å². The van der Waals surface area contributed by atoms with Gasteiger partial charge in [0.25, 0.3) is 0 Å². The molecule has 2 aromatic carbocycles. The summed E-state index contributed by atoms with van der Waals surface area (Å²) in [6.45, 7) is 4.30. The molecule has 0 fully saturated rings. The second-order valence-electron chi connectivity index (χ2n) is 7.95. The van der Waals surface area contributed by atoms with Crippen LogP contribution in [-0.2, 0) is 6.54 Å². The smallest absolute Gasteiger partial charge is 0.185 e. The third-order valence-corrected chi connectivity index (χ3v) is 5.43. The number of ketones is 1. The molecule has 5 nitrogen and oxygen atoms in total. The molecule has 0 aliphatic rings. The first-order chi connectivity index (χ1) is 15.0. The van der Waals surface area contributed by atoms with E-state index in [4.69, 9.17) is 4.74 Å². The number of aliphatic hydroxyl groups excluding tert-OH is 1. The summed E-state index contributed by atoms with van der Waals surface area (Å²) in [6, 6.07) is 15.2. The van der Waals surface area contributed by atoms with E-state index in [1.807, 2.05) is 43.6 Å². The van der Waals surface area contributed by atoms with E-state index in [-0.39, 0.29) is 5.78 Å². The van der Waals surface area contributed by atoms with Crippen LogP contribution >= 0.6 is 0 Å². The highest BCUT2D eigenvalue weighted by molar-refractivity contribution is 6.07. The molecule has 0 saturated carbocycles. The minimum Gasteiger partial charge on any atom is -0.497 e. The van der Waals surface area contributed by atoms with E-state index in [9.17, 15) is 9.90 Å². The molecule has 0 saturated heterocycles. The third kappa shape index (κ3) is 6.06. The van der Waals surface area contributed by atoms with Gasteiger partial charge in [0.05, 0.1) is 13.2 Å². The van der Waals surface area contributed by atoms with Gasteiger partial charge in [-0.1, -0.05) is 31.5 Å². The zero-order valence-corrected chi connectivity index (χ0v) is 18.6. The van der Waals surface area contributed by atoms with Crippen molar-refractivity contribution < 1.29 is 14.6 Å². The lowest BCUT2D eigenvalue weighted by molar-refractivity contribution is 0.104. The van der Waals surface area contributed by atoms with Gasteiger partial charge in [-0.2, -0.15) is 0 Å². The first-order valence-corrected chi connectivity index (χ1v) is 10.8. The lowest BCUT2D eigenvalue weighted by atomic mass is 10.1. The monoisotopic (exact) mass is 420 g/mol. The average Bonchev–Trinajstić information content (AvgIpc) is 3.13. The van der Waals surface area contributed by atoms with Gasteiger partial charge < -0.3 is 19.3 Å². The minimum atomic E-state index is -0.463. The number of fused-ring (bicyclic) bond motifs is 1. The topological polar surface area (TPSA) is 54.7 Å². The Balaban J connectivity index is 1.75. The molecule has 0 amide bonds. The summed E-state index contributed by atoms with van der Waals surface area (Å²) in [6.07, 6.45) is 7.28. The van der Waals surface area contributed by atoms with Crippen molar-refractivity contribution >= 4 is 22.8 Å².